The van der Waals surface area contributed by atoms with Gasteiger partial charge in [-0.1, -0.05) is 25.1 Å². The molecule has 0 spiro atoms. The monoisotopic (exact) mass is 304 g/mol. The van der Waals surface area contributed by atoms with Gasteiger partial charge in [0.05, 0.1) is 7.11 Å². The van der Waals surface area contributed by atoms with Crippen LogP contribution in [0.1, 0.15) is 43.2 Å². The summed E-state index contributed by atoms with van der Waals surface area (Å²) in [5.74, 6) is 1.93. The summed E-state index contributed by atoms with van der Waals surface area (Å²) in [6.45, 7) is 2.42. The van der Waals surface area contributed by atoms with Gasteiger partial charge < -0.3 is 14.6 Å². The lowest BCUT2D eigenvalue weighted by Crippen LogP contribution is -2.18. The van der Waals surface area contributed by atoms with Gasteiger partial charge >= 0.3 is 5.97 Å². The topological polar surface area (TPSA) is 55.8 Å². The van der Waals surface area contributed by atoms with Crippen LogP contribution in [0.4, 0.5) is 0 Å². The van der Waals surface area contributed by atoms with Crippen molar-refractivity contribution in [2.24, 2.45) is 11.8 Å². The number of hydrogen-bond acceptors (Lipinski definition) is 4. The molecule has 1 fully saturated rings. The molecule has 1 N–H and O–H groups in total. The van der Waals surface area contributed by atoms with Gasteiger partial charge in [-0.15, -0.1) is 0 Å². The van der Waals surface area contributed by atoms with Gasteiger partial charge in [0, 0.05) is 24.5 Å². The zero-order valence-corrected chi connectivity index (χ0v) is 13.2. The average molecular weight is 304 g/mol. The Labute approximate surface area is 131 Å². The van der Waals surface area contributed by atoms with Crippen LogP contribution < -0.4 is 4.74 Å². The molecule has 1 aromatic rings. The number of ether oxygens (including phenoxy) is 2. The Bertz CT molecular complexity index is 554. The summed E-state index contributed by atoms with van der Waals surface area (Å²) < 4.78 is 10.9. The maximum absolute atomic E-state index is 11.2. The minimum absolute atomic E-state index is 0.167. The van der Waals surface area contributed by atoms with Gasteiger partial charge in [-0.2, -0.15) is 0 Å². The van der Waals surface area contributed by atoms with Crippen molar-refractivity contribution in [1.29, 1.82) is 0 Å². The molecule has 4 heteroatoms. The Hall–Kier alpha value is -1.55. The van der Waals surface area contributed by atoms with E-state index >= 15 is 0 Å². The van der Waals surface area contributed by atoms with Crippen LogP contribution in [-0.4, -0.2) is 30.9 Å². The number of methoxy groups -OCH3 is 1. The largest absolute Gasteiger partial charge is 0.489 e. The molecule has 0 radical (unpaired) electrons. The van der Waals surface area contributed by atoms with E-state index in [0.717, 1.165) is 25.0 Å². The highest BCUT2D eigenvalue weighted by atomic mass is 16.5. The highest BCUT2D eigenvalue weighted by Gasteiger charge is 2.48. The summed E-state index contributed by atoms with van der Waals surface area (Å²) in [6, 6.07) is 6.27. The second kappa shape index (κ2) is 6.29. The van der Waals surface area contributed by atoms with Gasteiger partial charge in [0.15, 0.2) is 0 Å². The zero-order chi connectivity index (χ0) is 15.7. The standard InChI is InChI=1S/C18H24O4/c1-11-9-15-17(14(11)10-19)13-7-3-5-12(18(13)22-15)6-4-8-16(20)21-2/h3,5,7,11,14-15,17,19H,4,6,8-10H2,1-2H3/t11-,14+,15+,17-/m1/s1. The fourth-order valence-electron chi connectivity index (χ4n) is 4.05. The molecule has 1 aliphatic heterocycles. The first-order valence-electron chi connectivity index (χ1n) is 8.11. The van der Waals surface area contributed by atoms with Crippen LogP contribution in [0.5, 0.6) is 5.75 Å². The molecular weight excluding hydrogens is 280 g/mol. The number of carbonyl (C=O) groups excluding carboxylic acids is 1. The first kappa shape index (κ1) is 15.3. The van der Waals surface area contributed by atoms with Crippen molar-refractivity contribution >= 4 is 5.97 Å². The van der Waals surface area contributed by atoms with Crippen LogP contribution in [0.3, 0.4) is 0 Å². The third kappa shape index (κ3) is 2.60. The van der Waals surface area contributed by atoms with Crippen molar-refractivity contribution in [2.45, 2.75) is 44.6 Å². The van der Waals surface area contributed by atoms with Crippen molar-refractivity contribution in [3.8, 4) is 5.75 Å². The lowest BCUT2D eigenvalue weighted by atomic mass is 9.85. The van der Waals surface area contributed by atoms with Gasteiger partial charge in [-0.3, -0.25) is 4.79 Å². The van der Waals surface area contributed by atoms with Crippen LogP contribution in [0.25, 0.3) is 0 Å². The zero-order valence-electron chi connectivity index (χ0n) is 13.2. The number of fused-ring (bicyclic) bond motifs is 3. The van der Waals surface area contributed by atoms with Gasteiger partial charge in [0.25, 0.3) is 0 Å². The summed E-state index contributed by atoms with van der Waals surface area (Å²) >= 11 is 0. The van der Waals surface area contributed by atoms with E-state index in [1.165, 1.54) is 18.2 Å². The normalized spacial score (nSPS) is 28.9. The SMILES string of the molecule is COC(=O)CCCc1cccc2c1O[C@H]1C[C@@H](C)[C@H](CO)[C@@H]21. The van der Waals surface area contributed by atoms with Crippen LogP contribution in [0, 0.1) is 11.8 Å². The molecule has 120 valence electrons. The van der Waals surface area contributed by atoms with Crippen LogP contribution in [0.2, 0.25) is 0 Å². The quantitative estimate of drug-likeness (QED) is 0.850. The molecule has 1 aliphatic carbocycles. The predicted molar refractivity (Wildman–Crippen MR) is 82.9 cm³/mol. The fraction of sp³-hybridized carbons (Fsp3) is 0.611. The third-order valence-electron chi connectivity index (χ3n) is 5.22. The Morgan fingerprint density at radius 1 is 1.45 bits per heavy atom. The van der Waals surface area contributed by atoms with E-state index in [4.69, 9.17) is 4.74 Å². The van der Waals surface area contributed by atoms with Crippen LogP contribution in [0.15, 0.2) is 18.2 Å². The second-order valence-electron chi connectivity index (χ2n) is 6.51. The molecule has 0 amide bonds. The third-order valence-corrected chi connectivity index (χ3v) is 5.22. The number of aryl methyl sites for hydroxylation is 1. The highest BCUT2D eigenvalue weighted by Crippen LogP contribution is 2.53. The number of para-hydroxylation sites is 1. The minimum atomic E-state index is -0.167. The Morgan fingerprint density at radius 2 is 2.27 bits per heavy atom. The van der Waals surface area contributed by atoms with Crippen molar-refractivity contribution in [1.82, 2.24) is 0 Å². The molecule has 0 saturated heterocycles. The lowest BCUT2D eigenvalue weighted by molar-refractivity contribution is -0.140. The summed E-state index contributed by atoms with van der Waals surface area (Å²) in [4.78, 5) is 11.2. The number of carbonyl (C=O) groups is 1. The van der Waals surface area contributed by atoms with E-state index in [9.17, 15) is 9.90 Å². The van der Waals surface area contributed by atoms with Gasteiger partial charge in [-0.25, -0.2) is 0 Å². The van der Waals surface area contributed by atoms with Crippen LogP contribution >= 0.6 is 0 Å². The molecule has 22 heavy (non-hydrogen) atoms. The average Bonchev–Trinajstić information content (AvgIpc) is 3.02. The molecule has 0 bridgehead atoms. The molecule has 1 heterocycles. The van der Waals surface area contributed by atoms with E-state index < -0.39 is 0 Å². The number of benzene rings is 1. The van der Waals surface area contributed by atoms with Crippen molar-refractivity contribution in [2.75, 3.05) is 13.7 Å². The van der Waals surface area contributed by atoms with Crippen molar-refractivity contribution in [3.63, 3.8) is 0 Å². The van der Waals surface area contributed by atoms with E-state index in [1.54, 1.807) is 0 Å². The fourth-order valence-corrected chi connectivity index (χ4v) is 4.05. The maximum atomic E-state index is 11.2. The van der Waals surface area contributed by atoms with Gasteiger partial charge in [0.1, 0.15) is 11.9 Å². The Balaban J connectivity index is 1.76. The maximum Gasteiger partial charge on any atom is 0.305 e. The molecule has 3 rings (SSSR count). The molecule has 2 aliphatic rings. The summed E-state index contributed by atoms with van der Waals surface area (Å²) in [5.41, 5.74) is 2.41. The molecular formula is C18H24O4. The lowest BCUT2D eigenvalue weighted by Gasteiger charge is -2.18. The van der Waals surface area contributed by atoms with E-state index in [0.29, 0.717) is 18.3 Å². The van der Waals surface area contributed by atoms with E-state index in [-0.39, 0.29) is 24.6 Å². The minimum Gasteiger partial charge on any atom is -0.489 e. The Kier molecular flexibility index (Phi) is 4.39. The first-order chi connectivity index (χ1) is 10.7. The second-order valence-corrected chi connectivity index (χ2v) is 6.51. The molecule has 0 aromatic heterocycles. The summed E-state index contributed by atoms with van der Waals surface area (Å²) in [6.07, 6.45) is 3.22. The van der Waals surface area contributed by atoms with Gasteiger partial charge in [-0.05, 0) is 36.7 Å². The molecule has 4 nitrogen and oxygen atoms in total. The summed E-state index contributed by atoms with van der Waals surface area (Å²) in [7, 11) is 1.42. The van der Waals surface area contributed by atoms with E-state index in [1.807, 2.05) is 0 Å². The van der Waals surface area contributed by atoms with E-state index in [2.05, 4.69) is 29.9 Å². The number of hydrogen-bond donors (Lipinski definition) is 1. The Morgan fingerprint density at radius 3 is 3.00 bits per heavy atom. The molecule has 4 atom stereocenters. The molecule has 0 unspecified atom stereocenters. The van der Waals surface area contributed by atoms with Crippen LogP contribution in [-0.2, 0) is 16.0 Å². The van der Waals surface area contributed by atoms with Crippen molar-refractivity contribution in [3.05, 3.63) is 29.3 Å². The number of aliphatic hydroxyl groups excluding tert-OH is 1. The predicted octanol–water partition coefficient (Wildman–Crippen LogP) is 2.68. The number of rotatable bonds is 5. The summed E-state index contributed by atoms with van der Waals surface area (Å²) in [5, 5.41) is 9.70. The van der Waals surface area contributed by atoms with Crippen molar-refractivity contribution < 1.29 is 19.4 Å². The smallest absolute Gasteiger partial charge is 0.305 e. The molecule has 1 aromatic carbocycles. The molecule has 1 saturated carbocycles. The number of aliphatic hydroxyl groups is 1. The first-order valence-corrected chi connectivity index (χ1v) is 8.11. The highest BCUT2D eigenvalue weighted by molar-refractivity contribution is 5.69. The van der Waals surface area contributed by atoms with Gasteiger partial charge in [0.2, 0.25) is 0 Å². The number of esters is 1.